The number of aliphatic hydroxyl groups excluding tert-OH is 1. The van der Waals surface area contributed by atoms with Gasteiger partial charge < -0.3 is 14.9 Å². The molecule has 3 rings (SSSR count). The molecule has 2 aliphatic heterocycles. The molecular weight excluding hydrogens is 340 g/mol. The lowest BCUT2D eigenvalue weighted by Gasteiger charge is -2.47. The van der Waals surface area contributed by atoms with Crippen molar-refractivity contribution in [1.29, 1.82) is 0 Å². The molecule has 0 unspecified atom stereocenters. The topological polar surface area (TPSA) is 60.9 Å². The van der Waals surface area contributed by atoms with Crippen LogP contribution >= 0.6 is 0 Å². The van der Waals surface area contributed by atoms with Gasteiger partial charge in [-0.3, -0.25) is 9.59 Å². The maximum absolute atomic E-state index is 12.7. The first kappa shape index (κ1) is 19.9. The summed E-state index contributed by atoms with van der Waals surface area (Å²) in [6.45, 7) is 7.29. The summed E-state index contributed by atoms with van der Waals surface area (Å²) in [7, 11) is 0. The molecule has 27 heavy (non-hydrogen) atoms. The Hall–Kier alpha value is -1.88. The Kier molecular flexibility index (Phi) is 6.20. The lowest BCUT2D eigenvalue weighted by Crippen LogP contribution is -2.52. The normalized spacial score (nSPS) is 19.6. The number of benzene rings is 1. The third-order valence-corrected chi connectivity index (χ3v) is 6.44. The van der Waals surface area contributed by atoms with Crippen LogP contribution in [0.1, 0.15) is 48.8 Å². The van der Waals surface area contributed by atoms with E-state index in [0.29, 0.717) is 25.8 Å². The van der Waals surface area contributed by atoms with Crippen LogP contribution in [0.15, 0.2) is 18.2 Å². The highest BCUT2D eigenvalue weighted by Gasteiger charge is 2.41. The molecule has 0 aliphatic carbocycles. The van der Waals surface area contributed by atoms with Gasteiger partial charge >= 0.3 is 0 Å². The summed E-state index contributed by atoms with van der Waals surface area (Å²) >= 11 is 0. The molecule has 2 amide bonds. The standard InChI is InChI=1S/C22H32N2O3/c1-17-4-5-19(14-18(17)2)15-21(27)23-11-8-22(9-12-23)7-6-20(26)24(16-22)10-3-13-25/h4-5,14,25H,3,6-13,15-16H2,1-2H3. The van der Waals surface area contributed by atoms with E-state index in [2.05, 4.69) is 32.0 Å². The molecule has 5 nitrogen and oxygen atoms in total. The van der Waals surface area contributed by atoms with Crippen LogP contribution in [0.25, 0.3) is 0 Å². The second-order valence-electron chi connectivity index (χ2n) is 8.37. The number of hydrogen-bond donors (Lipinski definition) is 1. The largest absolute Gasteiger partial charge is 0.396 e. The van der Waals surface area contributed by atoms with Crippen LogP contribution in [0.2, 0.25) is 0 Å². The molecule has 1 aromatic carbocycles. The van der Waals surface area contributed by atoms with E-state index in [9.17, 15) is 9.59 Å². The zero-order valence-electron chi connectivity index (χ0n) is 16.7. The van der Waals surface area contributed by atoms with E-state index in [0.717, 1.165) is 44.5 Å². The average Bonchev–Trinajstić information content (AvgIpc) is 2.66. The molecule has 0 aromatic heterocycles. The van der Waals surface area contributed by atoms with E-state index in [1.165, 1.54) is 11.1 Å². The van der Waals surface area contributed by atoms with E-state index >= 15 is 0 Å². The van der Waals surface area contributed by atoms with Gasteiger partial charge in [-0.05, 0) is 61.6 Å². The van der Waals surface area contributed by atoms with Crippen LogP contribution in [0.3, 0.4) is 0 Å². The molecule has 2 aliphatic rings. The number of amides is 2. The van der Waals surface area contributed by atoms with Gasteiger partial charge in [-0.1, -0.05) is 18.2 Å². The molecule has 1 N–H and O–H groups in total. The van der Waals surface area contributed by atoms with Gasteiger partial charge in [-0.25, -0.2) is 0 Å². The Balaban J connectivity index is 1.55. The summed E-state index contributed by atoms with van der Waals surface area (Å²) in [5.41, 5.74) is 3.72. The van der Waals surface area contributed by atoms with E-state index in [4.69, 9.17) is 5.11 Å². The lowest BCUT2D eigenvalue weighted by molar-refractivity contribution is -0.142. The Labute approximate surface area is 162 Å². The number of rotatable bonds is 5. The summed E-state index contributed by atoms with van der Waals surface area (Å²) in [4.78, 5) is 28.8. The van der Waals surface area contributed by atoms with Gasteiger partial charge in [0.2, 0.25) is 11.8 Å². The molecule has 1 aromatic rings. The first-order chi connectivity index (χ1) is 12.9. The van der Waals surface area contributed by atoms with Crippen molar-refractivity contribution in [3.63, 3.8) is 0 Å². The van der Waals surface area contributed by atoms with Gasteiger partial charge in [0.25, 0.3) is 0 Å². The molecule has 148 valence electrons. The first-order valence-corrected chi connectivity index (χ1v) is 10.1. The van der Waals surface area contributed by atoms with Crippen LogP contribution in [-0.2, 0) is 16.0 Å². The number of carbonyl (C=O) groups excluding carboxylic acids is 2. The molecule has 0 atom stereocenters. The number of aryl methyl sites for hydroxylation is 2. The second-order valence-corrected chi connectivity index (χ2v) is 8.37. The van der Waals surface area contributed by atoms with Crippen molar-refractivity contribution in [1.82, 2.24) is 9.80 Å². The third-order valence-electron chi connectivity index (χ3n) is 6.44. The SMILES string of the molecule is Cc1ccc(CC(=O)N2CCC3(CCC(=O)N(CCCO)C3)CC2)cc1C. The number of nitrogens with zero attached hydrogens (tertiary/aromatic N) is 2. The van der Waals surface area contributed by atoms with Crippen molar-refractivity contribution in [3.05, 3.63) is 34.9 Å². The molecule has 2 saturated heterocycles. The lowest BCUT2D eigenvalue weighted by atomic mass is 9.72. The smallest absolute Gasteiger partial charge is 0.226 e. The number of aliphatic hydroxyl groups is 1. The molecule has 0 radical (unpaired) electrons. The number of hydrogen-bond acceptors (Lipinski definition) is 3. The van der Waals surface area contributed by atoms with Crippen LogP contribution in [0, 0.1) is 19.3 Å². The van der Waals surface area contributed by atoms with E-state index in [1.807, 2.05) is 9.80 Å². The Morgan fingerprint density at radius 3 is 2.56 bits per heavy atom. The third kappa shape index (κ3) is 4.70. The highest BCUT2D eigenvalue weighted by molar-refractivity contribution is 5.79. The van der Waals surface area contributed by atoms with Crippen LogP contribution in [0.4, 0.5) is 0 Å². The van der Waals surface area contributed by atoms with Gasteiger partial charge in [0.1, 0.15) is 0 Å². The van der Waals surface area contributed by atoms with Crippen LogP contribution in [0.5, 0.6) is 0 Å². The number of likely N-dealkylation sites (tertiary alicyclic amines) is 2. The molecule has 0 bridgehead atoms. The maximum atomic E-state index is 12.7. The fourth-order valence-corrected chi connectivity index (χ4v) is 4.41. The number of piperidine rings is 2. The zero-order valence-corrected chi connectivity index (χ0v) is 16.7. The van der Waals surface area contributed by atoms with Crippen molar-refractivity contribution < 1.29 is 14.7 Å². The van der Waals surface area contributed by atoms with Crippen molar-refractivity contribution in [2.45, 2.75) is 52.4 Å². The predicted molar refractivity (Wildman–Crippen MR) is 105 cm³/mol. The van der Waals surface area contributed by atoms with Gasteiger partial charge in [-0.15, -0.1) is 0 Å². The quantitative estimate of drug-likeness (QED) is 0.864. The highest BCUT2D eigenvalue weighted by atomic mass is 16.3. The minimum absolute atomic E-state index is 0.123. The van der Waals surface area contributed by atoms with Crippen molar-refractivity contribution >= 4 is 11.8 Å². The molecule has 5 heteroatoms. The summed E-state index contributed by atoms with van der Waals surface area (Å²) in [5.74, 6) is 0.416. The zero-order chi connectivity index (χ0) is 19.4. The van der Waals surface area contributed by atoms with Crippen molar-refractivity contribution in [3.8, 4) is 0 Å². The average molecular weight is 373 g/mol. The summed E-state index contributed by atoms with van der Waals surface area (Å²) in [6.07, 6.45) is 4.57. The highest BCUT2D eigenvalue weighted by Crippen LogP contribution is 2.40. The molecule has 0 saturated carbocycles. The maximum Gasteiger partial charge on any atom is 0.226 e. The fourth-order valence-electron chi connectivity index (χ4n) is 4.41. The van der Waals surface area contributed by atoms with Gasteiger partial charge in [0, 0.05) is 39.2 Å². The minimum atomic E-state index is 0.123. The summed E-state index contributed by atoms with van der Waals surface area (Å²) < 4.78 is 0. The monoisotopic (exact) mass is 372 g/mol. The van der Waals surface area contributed by atoms with E-state index in [1.54, 1.807) is 0 Å². The molecular formula is C22H32N2O3. The van der Waals surface area contributed by atoms with E-state index in [-0.39, 0.29) is 23.8 Å². The van der Waals surface area contributed by atoms with Crippen LogP contribution < -0.4 is 0 Å². The van der Waals surface area contributed by atoms with Gasteiger partial charge in [-0.2, -0.15) is 0 Å². The number of carbonyl (C=O) groups is 2. The Bertz CT molecular complexity index is 693. The Morgan fingerprint density at radius 1 is 1.15 bits per heavy atom. The molecule has 2 fully saturated rings. The van der Waals surface area contributed by atoms with Gasteiger partial charge in [0.15, 0.2) is 0 Å². The molecule has 2 heterocycles. The predicted octanol–water partition coefficient (Wildman–Crippen LogP) is 2.46. The summed E-state index contributed by atoms with van der Waals surface area (Å²) in [5, 5.41) is 9.05. The van der Waals surface area contributed by atoms with Crippen LogP contribution in [-0.4, -0.2) is 59.5 Å². The Morgan fingerprint density at radius 2 is 1.89 bits per heavy atom. The van der Waals surface area contributed by atoms with Crippen molar-refractivity contribution in [2.24, 2.45) is 5.41 Å². The molecule has 1 spiro atoms. The van der Waals surface area contributed by atoms with Crippen molar-refractivity contribution in [2.75, 3.05) is 32.8 Å². The minimum Gasteiger partial charge on any atom is -0.396 e. The fraction of sp³-hybridized carbons (Fsp3) is 0.636. The summed E-state index contributed by atoms with van der Waals surface area (Å²) in [6, 6.07) is 6.26. The second kappa shape index (κ2) is 8.42. The first-order valence-electron chi connectivity index (χ1n) is 10.1. The van der Waals surface area contributed by atoms with E-state index < -0.39 is 0 Å². The van der Waals surface area contributed by atoms with Gasteiger partial charge in [0.05, 0.1) is 6.42 Å².